The molecule has 0 unspecified atom stereocenters. The Morgan fingerprint density at radius 2 is 1.75 bits per heavy atom. The van der Waals surface area contributed by atoms with Gasteiger partial charge in [-0.15, -0.1) is 5.10 Å². The van der Waals surface area contributed by atoms with Crippen LogP contribution in [-0.2, 0) is 6.18 Å². The van der Waals surface area contributed by atoms with Gasteiger partial charge in [-0.05, 0) is 36.4 Å². The smallest absolute Gasteiger partial charge is 0.403 e. The molecule has 1 aromatic heterocycles. The van der Waals surface area contributed by atoms with Crippen LogP contribution in [-0.4, -0.2) is 10.2 Å². The fourth-order valence-corrected chi connectivity index (χ4v) is 1.99. The highest BCUT2D eigenvalue weighted by Gasteiger charge is 2.30. The van der Waals surface area contributed by atoms with Crippen molar-refractivity contribution < 1.29 is 17.6 Å². The molecule has 0 saturated carbocycles. The van der Waals surface area contributed by atoms with Crippen molar-refractivity contribution in [3.05, 3.63) is 48.0 Å². The van der Waals surface area contributed by atoms with Crippen molar-refractivity contribution in [3.8, 4) is 11.5 Å². The molecule has 0 saturated heterocycles. The van der Waals surface area contributed by atoms with E-state index in [2.05, 4.69) is 15.5 Å². The van der Waals surface area contributed by atoms with Gasteiger partial charge in [-0.1, -0.05) is 11.2 Å². The number of hydrogen-bond acceptors (Lipinski definition) is 6. The summed E-state index contributed by atoms with van der Waals surface area (Å²) in [6, 6.07) is 9.43. The molecule has 9 heteroatoms. The topological polar surface area (TPSA) is 103 Å². The van der Waals surface area contributed by atoms with E-state index in [-0.39, 0.29) is 17.6 Å². The van der Waals surface area contributed by atoms with E-state index in [0.717, 1.165) is 12.1 Å². The highest BCUT2D eigenvalue weighted by atomic mass is 19.4. The fraction of sp³-hybridized carbons (Fsp3) is 0.0667. The molecule has 2 aromatic carbocycles. The van der Waals surface area contributed by atoms with Gasteiger partial charge in [0.05, 0.1) is 16.9 Å². The van der Waals surface area contributed by atoms with Crippen molar-refractivity contribution in [3.63, 3.8) is 0 Å². The molecule has 0 radical (unpaired) electrons. The molecule has 0 amide bonds. The van der Waals surface area contributed by atoms with Crippen LogP contribution in [0.2, 0.25) is 0 Å². The Hall–Kier alpha value is -3.23. The summed E-state index contributed by atoms with van der Waals surface area (Å²) in [5.41, 5.74) is 12.1. The summed E-state index contributed by atoms with van der Waals surface area (Å²) in [7, 11) is 0. The fourth-order valence-electron chi connectivity index (χ4n) is 1.99. The molecule has 0 aliphatic rings. The van der Waals surface area contributed by atoms with Gasteiger partial charge in [0.1, 0.15) is 0 Å². The van der Waals surface area contributed by atoms with Crippen LogP contribution in [0.15, 0.2) is 46.9 Å². The lowest BCUT2D eigenvalue weighted by Gasteiger charge is -2.08. The zero-order chi connectivity index (χ0) is 17.3. The van der Waals surface area contributed by atoms with Crippen LogP contribution in [0.5, 0.6) is 0 Å². The first-order valence-electron chi connectivity index (χ1n) is 6.76. The van der Waals surface area contributed by atoms with Crippen LogP contribution >= 0.6 is 0 Å². The molecule has 3 rings (SSSR count). The van der Waals surface area contributed by atoms with E-state index >= 15 is 0 Å². The SMILES string of the molecule is Nc1ccc(-c2nnc(Nc3cccc(C(F)(F)F)c3)o2)cc1N. The Labute approximate surface area is 134 Å². The standard InChI is InChI=1S/C15H12F3N5O/c16-15(17,18)9-2-1-3-10(7-9)21-14-23-22-13(24-14)8-4-5-11(19)12(20)6-8/h1-7H,19-20H2,(H,21,23). The van der Waals surface area contributed by atoms with Gasteiger partial charge in [0, 0.05) is 11.3 Å². The van der Waals surface area contributed by atoms with Crippen LogP contribution in [0, 0.1) is 0 Å². The van der Waals surface area contributed by atoms with Gasteiger partial charge in [0.15, 0.2) is 0 Å². The van der Waals surface area contributed by atoms with Gasteiger partial charge in [0.25, 0.3) is 0 Å². The molecule has 0 aliphatic heterocycles. The van der Waals surface area contributed by atoms with Crippen LogP contribution < -0.4 is 16.8 Å². The number of nitrogens with zero attached hydrogens (tertiary/aromatic N) is 2. The Kier molecular flexibility index (Phi) is 3.76. The summed E-state index contributed by atoms with van der Waals surface area (Å²) in [6.07, 6.45) is -4.43. The van der Waals surface area contributed by atoms with E-state index in [4.69, 9.17) is 15.9 Å². The van der Waals surface area contributed by atoms with Crippen molar-refractivity contribution >= 4 is 23.1 Å². The van der Waals surface area contributed by atoms with Gasteiger partial charge in [-0.3, -0.25) is 0 Å². The molecule has 6 nitrogen and oxygen atoms in total. The minimum absolute atomic E-state index is 0.0419. The first-order chi connectivity index (χ1) is 11.3. The third-order valence-corrected chi connectivity index (χ3v) is 3.20. The number of nitrogens with two attached hydrogens (primary N) is 2. The molecule has 5 N–H and O–H groups in total. The highest BCUT2D eigenvalue weighted by molar-refractivity contribution is 5.71. The van der Waals surface area contributed by atoms with E-state index < -0.39 is 11.7 Å². The zero-order valence-electron chi connectivity index (χ0n) is 12.1. The molecule has 124 valence electrons. The third-order valence-electron chi connectivity index (χ3n) is 3.20. The van der Waals surface area contributed by atoms with E-state index in [1.54, 1.807) is 18.2 Å². The molecular weight excluding hydrogens is 323 g/mol. The van der Waals surface area contributed by atoms with Crippen LogP contribution in [0.25, 0.3) is 11.5 Å². The van der Waals surface area contributed by atoms with Crippen LogP contribution in [0.4, 0.5) is 36.2 Å². The Morgan fingerprint density at radius 3 is 2.46 bits per heavy atom. The molecule has 3 aromatic rings. The van der Waals surface area contributed by atoms with Gasteiger partial charge in [-0.25, -0.2) is 0 Å². The average Bonchev–Trinajstić information content (AvgIpc) is 2.98. The second-order valence-corrected chi connectivity index (χ2v) is 4.96. The Bertz CT molecular complexity index is 876. The lowest BCUT2D eigenvalue weighted by atomic mass is 10.2. The molecule has 0 aliphatic carbocycles. The van der Waals surface area contributed by atoms with Gasteiger partial charge in [0.2, 0.25) is 5.89 Å². The third kappa shape index (κ3) is 3.24. The molecule has 0 bridgehead atoms. The lowest BCUT2D eigenvalue weighted by molar-refractivity contribution is -0.137. The Morgan fingerprint density at radius 1 is 0.958 bits per heavy atom. The van der Waals surface area contributed by atoms with Crippen LogP contribution in [0.1, 0.15) is 5.56 Å². The highest BCUT2D eigenvalue weighted by Crippen LogP contribution is 2.32. The predicted molar refractivity (Wildman–Crippen MR) is 83.3 cm³/mol. The number of nitrogen functional groups attached to an aromatic ring is 2. The summed E-state index contributed by atoms with van der Waals surface area (Å²) in [5, 5.41) is 10.2. The van der Waals surface area contributed by atoms with E-state index in [0.29, 0.717) is 16.9 Å². The quantitative estimate of drug-likeness (QED) is 0.631. The minimum atomic E-state index is -4.43. The van der Waals surface area contributed by atoms with E-state index in [9.17, 15) is 13.2 Å². The van der Waals surface area contributed by atoms with Gasteiger partial charge < -0.3 is 21.2 Å². The number of aromatic nitrogens is 2. The predicted octanol–water partition coefficient (Wildman–Crippen LogP) is 3.66. The van der Waals surface area contributed by atoms with Crippen molar-refractivity contribution in [1.29, 1.82) is 0 Å². The number of hydrogen-bond donors (Lipinski definition) is 3. The van der Waals surface area contributed by atoms with Gasteiger partial charge in [-0.2, -0.15) is 13.2 Å². The molecule has 1 heterocycles. The number of alkyl halides is 3. The average molecular weight is 335 g/mol. The summed E-state index contributed by atoms with van der Waals surface area (Å²) in [4.78, 5) is 0. The van der Waals surface area contributed by atoms with Crippen molar-refractivity contribution in [2.24, 2.45) is 0 Å². The minimum Gasteiger partial charge on any atom is -0.403 e. The number of halogens is 3. The van der Waals surface area contributed by atoms with Crippen molar-refractivity contribution in [1.82, 2.24) is 10.2 Å². The van der Waals surface area contributed by atoms with Crippen molar-refractivity contribution in [2.45, 2.75) is 6.18 Å². The van der Waals surface area contributed by atoms with Crippen LogP contribution in [0.3, 0.4) is 0 Å². The first-order valence-corrected chi connectivity index (χ1v) is 6.76. The Balaban J connectivity index is 1.83. The summed E-state index contributed by atoms with van der Waals surface area (Å²) >= 11 is 0. The molecule has 24 heavy (non-hydrogen) atoms. The maximum atomic E-state index is 12.7. The number of anilines is 4. The lowest BCUT2D eigenvalue weighted by Crippen LogP contribution is -2.05. The molecule has 0 spiro atoms. The number of nitrogens with one attached hydrogen (secondary N) is 1. The maximum Gasteiger partial charge on any atom is 0.416 e. The van der Waals surface area contributed by atoms with E-state index in [1.165, 1.54) is 12.1 Å². The van der Waals surface area contributed by atoms with E-state index in [1.807, 2.05) is 0 Å². The second-order valence-electron chi connectivity index (χ2n) is 4.96. The summed E-state index contributed by atoms with van der Waals surface area (Å²) in [6.45, 7) is 0. The van der Waals surface area contributed by atoms with Gasteiger partial charge >= 0.3 is 12.2 Å². The number of rotatable bonds is 3. The zero-order valence-corrected chi connectivity index (χ0v) is 12.1. The normalized spacial score (nSPS) is 11.5. The largest absolute Gasteiger partial charge is 0.416 e. The second kappa shape index (κ2) is 5.76. The molecule has 0 fully saturated rings. The summed E-state index contributed by atoms with van der Waals surface area (Å²) in [5.74, 6) is 0.163. The molecule has 0 atom stereocenters. The first kappa shape index (κ1) is 15.7. The number of benzene rings is 2. The van der Waals surface area contributed by atoms with Crippen molar-refractivity contribution in [2.75, 3.05) is 16.8 Å². The maximum absolute atomic E-state index is 12.7. The summed E-state index contributed by atoms with van der Waals surface area (Å²) < 4.78 is 43.5. The monoisotopic (exact) mass is 335 g/mol. The molecular formula is C15H12F3N5O.